The zero-order chi connectivity index (χ0) is 15.1. The van der Waals surface area contributed by atoms with Crippen LogP contribution in [0.1, 0.15) is 20.7 Å². The first-order valence-electron chi connectivity index (χ1n) is 5.55. The Bertz CT molecular complexity index is 576. The molecule has 0 amide bonds. The summed E-state index contributed by atoms with van der Waals surface area (Å²) in [7, 11) is 0. The average molecular weight is 391 g/mol. The van der Waals surface area contributed by atoms with Crippen molar-refractivity contribution in [2.75, 3.05) is 11.5 Å². The molecule has 6 nitrogen and oxygen atoms in total. The van der Waals surface area contributed by atoms with Gasteiger partial charge in [0.15, 0.2) is 0 Å². The summed E-state index contributed by atoms with van der Waals surface area (Å²) in [6, 6.07) is 12.4. The van der Waals surface area contributed by atoms with Crippen LogP contribution in [0.15, 0.2) is 48.5 Å². The molecule has 0 unspecified atom stereocenters. The number of para-hydroxylation sites is 2. The summed E-state index contributed by atoms with van der Waals surface area (Å²) in [6.07, 6.45) is 0. The summed E-state index contributed by atoms with van der Waals surface area (Å²) in [5.74, 6) is -2.48. The summed E-state index contributed by atoms with van der Waals surface area (Å²) in [5.41, 5.74) is 11.2. The smallest absolute Gasteiger partial charge is 0.545 e. The van der Waals surface area contributed by atoms with Crippen LogP contribution in [-0.4, -0.2) is 35.8 Å². The second-order valence-corrected chi connectivity index (χ2v) is 3.75. The summed E-state index contributed by atoms with van der Waals surface area (Å²) >= 11 is 0. The Kier molecular flexibility index (Phi) is 7.92. The number of benzene rings is 2. The van der Waals surface area contributed by atoms with E-state index in [4.69, 9.17) is 11.5 Å². The molecule has 0 aliphatic rings. The molecular formula is C14H12N2O4Sn. The van der Waals surface area contributed by atoms with Crippen LogP contribution in [0.5, 0.6) is 0 Å². The molecule has 0 bridgehead atoms. The van der Waals surface area contributed by atoms with Crippen LogP contribution in [0.4, 0.5) is 11.4 Å². The Hall–Kier alpha value is -2.22. The van der Waals surface area contributed by atoms with Gasteiger partial charge in [0.25, 0.3) is 0 Å². The number of anilines is 2. The first-order valence-corrected chi connectivity index (χ1v) is 5.55. The number of rotatable bonds is 2. The number of nitrogen functional groups attached to an aromatic ring is 2. The second kappa shape index (κ2) is 8.85. The van der Waals surface area contributed by atoms with Crippen LogP contribution in [0, 0.1) is 0 Å². The molecule has 0 aliphatic carbocycles. The maximum atomic E-state index is 10.2. The maximum absolute atomic E-state index is 10.2. The van der Waals surface area contributed by atoms with Gasteiger partial charge in [-0.3, -0.25) is 0 Å². The molecule has 2 rings (SSSR count). The molecule has 0 heterocycles. The summed E-state index contributed by atoms with van der Waals surface area (Å²) < 4.78 is 0. The fraction of sp³-hybridized carbons (Fsp3) is 0. The van der Waals surface area contributed by atoms with Gasteiger partial charge in [0.05, 0.1) is 11.9 Å². The second-order valence-electron chi connectivity index (χ2n) is 3.75. The number of carbonyl (C=O) groups is 2. The molecule has 0 saturated heterocycles. The van der Waals surface area contributed by atoms with E-state index in [0.717, 1.165) is 0 Å². The molecule has 7 heteroatoms. The van der Waals surface area contributed by atoms with Gasteiger partial charge in [0.1, 0.15) is 0 Å². The molecule has 4 N–H and O–H groups in total. The van der Waals surface area contributed by atoms with Gasteiger partial charge in [-0.15, -0.1) is 0 Å². The summed E-state index contributed by atoms with van der Waals surface area (Å²) in [5, 5.41) is 20.5. The molecule has 2 radical (unpaired) electrons. The van der Waals surface area contributed by atoms with Crippen LogP contribution < -0.4 is 21.7 Å². The van der Waals surface area contributed by atoms with E-state index in [1.165, 1.54) is 24.3 Å². The van der Waals surface area contributed by atoms with E-state index in [-0.39, 0.29) is 46.4 Å². The SMILES string of the molecule is Nc1ccccc1C(=O)[O-].Nc1ccccc1C(=O)[O-].[Sn+2]. The Morgan fingerprint density at radius 1 is 0.714 bits per heavy atom. The number of carboxylic acids is 2. The molecule has 106 valence electrons. The van der Waals surface area contributed by atoms with E-state index >= 15 is 0 Å². The normalized spacial score (nSPS) is 8.76. The third-order valence-corrected chi connectivity index (χ3v) is 2.36. The third kappa shape index (κ3) is 5.74. The van der Waals surface area contributed by atoms with Crippen molar-refractivity contribution in [2.24, 2.45) is 0 Å². The molecular weight excluding hydrogens is 379 g/mol. The predicted molar refractivity (Wildman–Crippen MR) is 76.1 cm³/mol. The van der Waals surface area contributed by atoms with Crippen LogP contribution in [0.25, 0.3) is 0 Å². The van der Waals surface area contributed by atoms with E-state index in [9.17, 15) is 19.8 Å². The van der Waals surface area contributed by atoms with Crippen LogP contribution >= 0.6 is 0 Å². The van der Waals surface area contributed by atoms with Gasteiger partial charge in [-0.25, -0.2) is 0 Å². The van der Waals surface area contributed by atoms with Gasteiger partial charge in [-0.2, -0.15) is 0 Å². The number of hydrogen-bond donors (Lipinski definition) is 2. The van der Waals surface area contributed by atoms with Gasteiger partial charge >= 0.3 is 23.9 Å². The van der Waals surface area contributed by atoms with Crippen LogP contribution in [-0.2, 0) is 0 Å². The third-order valence-electron chi connectivity index (χ3n) is 2.36. The topological polar surface area (TPSA) is 132 Å². The molecule has 2 aromatic carbocycles. The van der Waals surface area contributed by atoms with E-state index < -0.39 is 11.9 Å². The van der Waals surface area contributed by atoms with Crippen molar-refractivity contribution in [1.29, 1.82) is 0 Å². The van der Waals surface area contributed by atoms with Crippen molar-refractivity contribution in [3.05, 3.63) is 59.7 Å². The van der Waals surface area contributed by atoms with E-state index in [1.54, 1.807) is 24.3 Å². The minimum Gasteiger partial charge on any atom is -0.545 e. The first-order chi connectivity index (χ1) is 9.43. The van der Waals surface area contributed by atoms with Gasteiger partial charge in [-0.05, 0) is 12.1 Å². The zero-order valence-electron chi connectivity index (χ0n) is 10.9. The largest absolute Gasteiger partial charge is 2.00 e. The number of hydrogen-bond acceptors (Lipinski definition) is 6. The quantitative estimate of drug-likeness (QED) is 0.493. The van der Waals surface area contributed by atoms with Crippen LogP contribution in [0.3, 0.4) is 0 Å². The van der Waals surface area contributed by atoms with Crippen LogP contribution in [0.2, 0.25) is 0 Å². The standard InChI is InChI=1S/2C7H7NO2.Sn/c2*8-6-4-2-1-3-5(6)7(9)10;/h2*1-4H,8H2,(H,9,10);/q;;+2/p-2. The molecule has 0 fully saturated rings. The molecule has 2 aromatic rings. The molecule has 0 saturated carbocycles. The Balaban J connectivity index is 0.000000364. The van der Waals surface area contributed by atoms with Crippen molar-refractivity contribution >= 4 is 47.2 Å². The van der Waals surface area contributed by atoms with Gasteiger partial charge < -0.3 is 31.3 Å². The summed E-state index contributed by atoms with van der Waals surface area (Å²) in [6.45, 7) is 0. The van der Waals surface area contributed by atoms with E-state index in [1.807, 2.05) is 0 Å². The predicted octanol–water partition coefficient (Wildman–Crippen LogP) is -1.12. The number of carboxylic acid groups (broad SMARTS) is 2. The Morgan fingerprint density at radius 3 is 1.19 bits per heavy atom. The zero-order valence-corrected chi connectivity index (χ0v) is 13.8. The van der Waals surface area contributed by atoms with E-state index in [0.29, 0.717) is 0 Å². The van der Waals surface area contributed by atoms with Gasteiger partial charge in [0.2, 0.25) is 0 Å². The molecule has 0 aromatic heterocycles. The van der Waals surface area contributed by atoms with Crippen molar-refractivity contribution in [3.63, 3.8) is 0 Å². The number of carbonyl (C=O) groups excluding carboxylic acids is 2. The van der Waals surface area contributed by atoms with Gasteiger partial charge in [0, 0.05) is 22.5 Å². The van der Waals surface area contributed by atoms with Crippen molar-refractivity contribution in [3.8, 4) is 0 Å². The van der Waals surface area contributed by atoms with Crippen molar-refractivity contribution in [2.45, 2.75) is 0 Å². The maximum Gasteiger partial charge on any atom is 2.00 e. The molecule has 21 heavy (non-hydrogen) atoms. The van der Waals surface area contributed by atoms with Gasteiger partial charge in [-0.1, -0.05) is 36.4 Å². The Morgan fingerprint density at radius 2 is 1.00 bits per heavy atom. The average Bonchev–Trinajstić information content (AvgIpc) is 2.40. The monoisotopic (exact) mass is 392 g/mol. The molecule has 0 atom stereocenters. The number of nitrogens with two attached hydrogens (primary N) is 2. The molecule has 0 spiro atoms. The minimum absolute atomic E-state index is 0. The van der Waals surface area contributed by atoms with Crippen molar-refractivity contribution < 1.29 is 19.8 Å². The minimum atomic E-state index is -1.24. The first kappa shape index (κ1) is 18.8. The summed E-state index contributed by atoms with van der Waals surface area (Å²) in [4.78, 5) is 20.5. The fourth-order valence-corrected chi connectivity index (χ4v) is 1.37. The molecule has 0 aliphatic heterocycles. The number of aromatic carboxylic acids is 2. The van der Waals surface area contributed by atoms with Crippen molar-refractivity contribution in [1.82, 2.24) is 0 Å². The fourth-order valence-electron chi connectivity index (χ4n) is 1.37. The van der Waals surface area contributed by atoms with E-state index in [2.05, 4.69) is 0 Å². The Labute approximate surface area is 138 Å².